The molecule has 2 aromatic heterocycles. The highest BCUT2D eigenvalue weighted by Crippen LogP contribution is 2.38. The number of nitrogens with zero attached hydrogens (tertiary/aromatic N) is 2. The van der Waals surface area contributed by atoms with E-state index in [-0.39, 0.29) is 0 Å². The molecule has 0 aliphatic carbocycles. The summed E-state index contributed by atoms with van der Waals surface area (Å²) in [6.07, 6.45) is 0.483. The number of benzene rings is 1. The number of aromatic nitrogens is 2. The number of imidazole rings is 1. The first kappa shape index (κ1) is 28.4. The Bertz CT molecular complexity index is 1130. The van der Waals surface area contributed by atoms with E-state index in [9.17, 15) is 13.2 Å². The number of halogens is 3. The first-order valence-corrected chi connectivity index (χ1v) is 12.3. The van der Waals surface area contributed by atoms with Gasteiger partial charge < -0.3 is 15.2 Å². The van der Waals surface area contributed by atoms with Gasteiger partial charge in [0.15, 0.2) is 0 Å². The number of alkyl halides is 3. The lowest BCUT2D eigenvalue weighted by Crippen LogP contribution is -2.21. The van der Waals surface area contributed by atoms with Crippen molar-refractivity contribution in [1.29, 1.82) is 0 Å². The summed E-state index contributed by atoms with van der Waals surface area (Å²) < 4.78 is 39.6. The van der Waals surface area contributed by atoms with E-state index in [1.807, 2.05) is 11.8 Å². The Morgan fingerprint density at radius 3 is 2.51 bits per heavy atom. The van der Waals surface area contributed by atoms with Gasteiger partial charge in [-0.3, -0.25) is 4.40 Å². The van der Waals surface area contributed by atoms with Crippen molar-refractivity contribution in [1.82, 2.24) is 9.38 Å². The molecule has 35 heavy (non-hydrogen) atoms. The van der Waals surface area contributed by atoms with Crippen LogP contribution < -0.4 is 10.1 Å². The number of carbonyl (C=O) groups is 1. The maximum absolute atomic E-state index is 10.6. The SMILES string of the molecule is CCCCNc1c(-c2ccc(SC(C)CC)c(OC)c2)nc2ccc(C)cn12.O=C(O)C(F)(F)F. The number of aliphatic carboxylic acids is 1. The van der Waals surface area contributed by atoms with Crippen LogP contribution in [0, 0.1) is 6.92 Å². The summed E-state index contributed by atoms with van der Waals surface area (Å²) in [7, 11) is 1.74. The fraction of sp³-hybridized carbons (Fsp3) is 0.440. The summed E-state index contributed by atoms with van der Waals surface area (Å²) in [4.78, 5) is 15.0. The number of carboxylic acids is 1. The molecule has 0 fully saturated rings. The molecule has 3 aromatic rings. The van der Waals surface area contributed by atoms with Crippen molar-refractivity contribution in [2.45, 2.75) is 63.3 Å². The van der Waals surface area contributed by atoms with E-state index in [0.717, 1.165) is 54.3 Å². The molecule has 2 N–H and O–H groups in total. The van der Waals surface area contributed by atoms with E-state index < -0.39 is 12.1 Å². The third-order valence-corrected chi connectivity index (χ3v) is 6.50. The molecule has 0 amide bonds. The maximum atomic E-state index is 10.6. The highest BCUT2D eigenvalue weighted by Gasteiger charge is 2.38. The number of methoxy groups -OCH3 is 1. The maximum Gasteiger partial charge on any atom is 0.490 e. The van der Waals surface area contributed by atoms with Gasteiger partial charge in [0.25, 0.3) is 0 Å². The normalized spacial score (nSPS) is 12.1. The van der Waals surface area contributed by atoms with Crippen LogP contribution in [0.4, 0.5) is 19.0 Å². The Morgan fingerprint density at radius 1 is 1.26 bits per heavy atom. The van der Waals surface area contributed by atoms with Crippen LogP contribution in [0.5, 0.6) is 5.75 Å². The fourth-order valence-electron chi connectivity index (χ4n) is 3.12. The first-order chi connectivity index (χ1) is 16.5. The Balaban J connectivity index is 0.000000540. The highest BCUT2D eigenvalue weighted by molar-refractivity contribution is 8.00. The summed E-state index contributed by atoms with van der Waals surface area (Å²) in [6.45, 7) is 9.71. The number of thioether (sulfide) groups is 1. The molecule has 1 unspecified atom stereocenters. The van der Waals surface area contributed by atoms with Crippen molar-refractivity contribution < 1.29 is 27.8 Å². The van der Waals surface area contributed by atoms with Crippen molar-refractivity contribution in [2.24, 2.45) is 0 Å². The van der Waals surface area contributed by atoms with Crippen molar-refractivity contribution in [3.05, 3.63) is 42.1 Å². The van der Waals surface area contributed by atoms with E-state index in [1.54, 1.807) is 7.11 Å². The molecule has 2 heterocycles. The Morgan fingerprint density at radius 2 is 1.94 bits per heavy atom. The molecule has 0 spiro atoms. The van der Waals surface area contributed by atoms with Crippen LogP contribution in [0.25, 0.3) is 16.9 Å². The van der Waals surface area contributed by atoms with Gasteiger partial charge in [-0.2, -0.15) is 13.2 Å². The topological polar surface area (TPSA) is 75.9 Å². The lowest BCUT2D eigenvalue weighted by Gasteiger charge is -2.14. The largest absolute Gasteiger partial charge is 0.496 e. The first-order valence-electron chi connectivity index (χ1n) is 11.4. The predicted octanol–water partition coefficient (Wildman–Crippen LogP) is 7.05. The van der Waals surface area contributed by atoms with Crippen LogP contribution >= 0.6 is 11.8 Å². The van der Waals surface area contributed by atoms with Gasteiger partial charge in [0.2, 0.25) is 0 Å². The number of nitrogens with one attached hydrogen (secondary N) is 1. The monoisotopic (exact) mass is 511 g/mol. The lowest BCUT2D eigenvalue weighted by molar-refractivity contribution is -0.192. The minimum Gasteiger partial charge on any atom is -0.496 e. The Kier molecular flexibility index (Phi) is 10.3. The number of rotatable bonds is 9. The van der Waals surface area contributed by atoms with Crippen LogP contribution in [0.15, 0.2) is 41.4 Å². The van der Waals surface area contributed by atoms with E-state index in [4.69, 9.17) is 19.6 Å². The molecule has 3 rings (SSSR count). The standard InChI is InChI=1S/C23H31N3OS.C2HF3O2/c1-6-8-13-24-23-22(25-21-12-9-16(3)15-26(21)23)18-10-11-20(19(14-18)27-5)28-17(4)7-2;3-2(4,5)1(6)7/h9-12,14-15,17,24H,6-8,13H2,1-5H3;(H,6,7). The second-order valence-electron chi connectivity index (χ2n) is 8.03. The Hall–Kier alpha value is -2.88. The summed E-state index contributed by atoms with van der Waals surface area (Å²) in [5.74, 6) is -0.792. The summed E-state index contributed by atoms with van der Waals surface area (Å²) in [5, 5.41) is 11.3. The summed E-state index contributed by atoms with van der Waals surface area (Å²) in [5.41, 5.74) is 4.22. The number of ether oxygens (including phenoxy) is 1. The molecule has 6 nitrogen and oxygen atoms in total. The highest BCUT2D eigenvalue weighted by atomic mass is 32.2. The van der Waals surface area contributed by atoms with Crippen molar-refractivity contribution in [3.8, 4) is 17.0 Å². The average Bonchev–Trinajstić information content (AvgIpc) is 3.16. The van der Waals surface area contributed by atoms with Crippen LogP contribution in [0.2, 0.25) is 0 Å². The quantitative estimate of drug-likeness (QED) is 0.237. The predicted molar refractivity (Wildman–Crippen MR) is 135 cm³/mol. The number of fused-ring (bicyclic) bond motifs is 1. The second kappa shape index (κ2) is 12.7. The number of anilines is 1. The lowest BCUT2D eigenvalue weighted by atomic mass is 10.1. The van der Waals surface area contributed by atoms with Gasteiger partial charge in [-0.05, 0) is 43.5 Å². The smallest absolute Gasteiger partial charge is 0.490 e. The van der Waals surface area contributed by atoms with Crippen molar-refractivity contribution in [3.63, 3.8) is 0 Å². The molecular weight excluding hydrogens is 479 g/mol. The zero-order chi connectivity index (χ0) is 26.2. The molecule has 0 bridgehead atoms. The van der Waals surface area contributed by atoms with Crippen LogP contribution in [0.1, 0.15) is 45.6 Å². The third-order valence-electron chi connectivity index (χ3n) is 5.17. The van der Waals surface area contributed by atoms with E-state index in [0.29, 0.717) is 5.25 Å². The Labute approximate surface area is 207 Å². The summed E-state index contributed by atoms with van der Waals surface area (Å²) in [6, 6.07) is 10.6. The van der Waals surface area contributed by atoms with Crippen molar-refractivity contribution in [2.75, 3.05) is 19.0 Å². The number of hydrogen-bond acceptors (Lipinski definition) is 5. The number of unbranched alkanes of at least 4 members (excludes halogenated alkanes) is 1. The zero-order valence-corrected chi connectivity index (χ0v) is 21.4. The molecule has 1 atom stereocenters. The number of pyridine rings is 1. The van der Waals surface area contributed by atoms with E-state index in [2.05, 4.69) is 73.9 Å². The molecule has 0 aliphatic heterocycles. The van der Waals surface area contributed by atoms with Crippen molar-refractivity contribution >= 4 is 29.2 Å². The summed E-state index contributed by atoms with van der Waals surface area (Å²) >= 11 is 1.86. The number of hydrogen-bond donors (Lipinski definition) is 2. The molecule has 0 radical (unpaired) electrons. The second-order valence-corrected chi connectivity index (χ2v) is 9.51. The molecule has 1 aromatic carbocycles. The fourth-order valence-corrected chi connectivity index (χ4v) is 4.12. The molecule has 192 valence electrons. The molecule has 0 saturated heterocycles. The minimum absolute atomic E-state index is 0.559. The third kappa shape index (κ3) is 7.81. The van der Waals surface area contributed by atoms with Gasteiger partial charge in [0.1, 0.15) is 22.9 Å². The van der Waals surface area contributed by atoms with Crippen LogP contribution in [-0.2, 0) is 4.79 Å². The molecule has 10 heteroatoms. The van der Waals surface area contributed by atoms with Gasteiger partial charge in [0, 0.05) is 28.5 Å². The van der Waals surface area contributed by atoms with Crippen LogP contribution in [-0.4, -0.2) is 45.5 Å². The molecule has 0 saturated carbocycles. The zero-order valence-electron chi connectivity index (χ0n) is 20.6. The minimum atomic E-state index is -5.08. The van der Waals surface area contributed by atoms with Gasteiger partial charge in [-0.1, -0.05) is 39.3 Å². The number of carboxylic acid groups (broad SMARTS) is 1. The van der Waals surface area contributed by atoms with Gasteiger partial charge in [-0.15, -0.1) is 11.8 Å². The van der Waals surface area contributed by atoms with Gasteiger partial charge >= 0.3 is 12.1 Å². The van der Waals surface area contributed by atoms with Crippen LogP contribution in [0.3, 0.4) is 0 Å². The molecule has 0 aliphatic rings. The van der Waals surface area contributed by atoms with E-state index in [1.165, 1.54) is 10.5 Å². The number of aryl methyl sites for hydroxylation is 1. The van der Waals surface area contributed by atoms with E-state index >= 15 is 0 Å². The van der Waals surface area contributed by atoms with Gasteiger partial charge in [0.05, 0.1) is 7.11 Å². The molecular formula is C25H32F3N3O3S. The average molecular weight is 512 g/mol. The van der Waals surface area contributed by atoms with Gasteiger partial charge in [-0.25, -0.2) is 9.78 Å².